The average molecular weight is 342 g/mol. The van der Waals surface area contributed by atoms with E-state index in [1.54, 1.807) is 31.4 Å². The van der Waals surface area contributed by atoms with Crippen molar-refractivity contribution in [2.75, 3.05) is 19.0 Å². The number of carbonyl (C=O) groups excluding carboxylic acids is 3. The van der Waals surface area contributed by atoms with Crippen LogP contribution in [0, 0.1) is 23.7 Å². The molecular formula is C19H22N2O4. The summed E-state index contributed by atoms with van der Waals surface area (Å²) in [7, 11) is 1.58. The second kappa shape index (κ2) is 6.17. The van der Waals surface area contributed by atoms with Gasteiger partial charge >= 0.3 is 0 Å². The third kappa shape index (κ3) is 2.69. The molecule has 4 rings (SSSR count). The van der Waals surface area contributed by atoms with Crippen LogP contribution >= 0.6 is 0 Å². The van der Waals surface area contributed by atoms with Crippen molar-refractivity contribution in [1.29, 1.82) is 0 Å². The number of nitrogens with one attached hydrogen (secondary N) is 1. The molecule has 1 aromatic carbocycles. The van der Waals surface area contributed by atoms with Crippen molar-refractivity contribution in [2.24, 2.45) is 23.7 Å². The van der Waals surface area contributed by atoms with Gasteiger partial charge in [-0.2, -0.15) is 0 Å². The third-order valence-electron chi connectivity index (χ3n) is 5.95. The Hall–Kier alpha value is -2.37. The molecule has 0 radical (unpaired) electrons. The average Bonchev–Trinajstić information content (AvgIpc) is 3.29. The summed E-state index contributed by atoms with van der Waals surface area (Å²) in [5.74, 6) is 0.929. The quantitative estimate of drug-likeness (QED) is 0.831. The summed E-state index contributed by atoms with van der Waals surface area (Å²) in [6, 6.07) is 7.04. The standard InChI is InChI=1S/C19H22N2O4/c1-25-14-6-4-13(5-7-14)20-15(22)8-9-21-18(23)16-11-2-3-12(10-11)17(16)19(21)24/h4-7,11-12,16-17H,2-3,8-10H2,1H3,(H,20,22)/t11-,12-,16-,17+/m1/s1. The summed E-state index contributed by atoms with van der Waals surface area (Å²) in [4.78, 5) is 38.6. The summed E-state index contributed by atoms with van der Waals surface area (Å²) >= 11 is 0. The Labute approximate surface area is 146 Å². The monoisotopic (exact) mass is 342 g/mol. The van der Waals surface area contributed by atoms with Gasteiger partial charge in [0.25, 0.3) is 0 Å². The molecule has 1 saturated heterocycles. The Morgan fingerprint density at radius 3 is 2.28 bits per heavy atom. The van der Waals surface area contributed by atoms with Gasteiger partial charge in [-0.3, -0.25) is 19.3 Å². The van der Waals surface area contributed by atoms with E-state index in [4.69, 9.17) is 4.74 Å². The summed E-state index contributed by atoms with van der Waals surface area (Å²) in [5.41, 5.74) is 0.666. The highest BCUT2D eigenvalue weighted by Gasteiger charge is 2.60. The van der Waals surface area contributed by atoms with Crippen molar-refractivity contribution >= 4 is 23.4 Å². The number of imide groups is 1. The number of anilines is 1. The smallest absolute Gasteiger partial charge is 0.233 e. The van der Waals surface area contributed by atoms with E-state index in [0.29, 0.717) is 23.3 Å². The SMILES string of the molecule is COc1ccc(NC(=O)CCN2C(=O)[C@@H]3[C@@H]4CC[C@H](C4)[C@@H]3C2=O)cc1. The number of benzene rings is 1. The van der Waals surface area contributed by atoms with E-state index in [1.165, 1.54) is 4.90 Å². The maximum atomic E-state index is 12.6. The lowest BCUT2D eigenvalue weighted by Crippen LogP contribution is -2.35. The third-order valence-corrected chi connectivity index (χ3v) is 5.95. The fourth-order valence-electron chi connectivity index (χ4n) is 4.80. The highest BCUT2D eigenvalue weighted by atomic mass is 16.5. The molecule has 0 aromatic heterocycles. The van der Waals surface area contributed by atoms with Crippen LogP contribution in [0.4, 0.5) is 5.69 Å². The largest absolute Gasteiger partial charge is 0.497 e. The first kappa shape index (κ1) is 16.1. The van der Waals surface area contributed by atoms with Crippen molar-refractivity contribution in [1.82, 2.24) is 4.90 Å². The number of fused-ring (bicyclic) bond motifs is 5. The van der Waals surface area contributed by atoms with Crippen LogP contribution in [0.15, 0.2) is 24.3 Å². The zero-order chi connectivity index (χ0) is 17.6. The lowest BCUT2D eigenvalue weighted by molar-refractivity contribution is -0.140. The van der Waals surface area contributed by atoms with Gasteiger partial charge < -0.3 is 10.1 Å². The van der Waals surface area contributed by atoms with E-state index < -0.39 is 0 Å². The van der Waals surface area contributed by atoms with E-state index in [2.05, 4.69) is 5.32 Å². The molecule has 1 aliphatic heterocycles. The molecule has 2 bridgehead atoms. The molecule has 2 saturated carbocycles. The number of amides is 3. The predicted octanol–water partition coefficient (Wildman–Crippen LogP) is 2.05. The number of nitrogens with zero attached hydrogens (tertiary/aromatic N) is 1. The lowest BCUT2D eigenvalue weighted by atomic mass is 9.81. The van der Waals surface area contributed by atoms with E-state index in [1.807, 2.05) is 0 Å². The number of carbonyl (C=O) groups is 3. The van der Waals surface area contributed by atoms with Gasteiger partial charge in [-0.15, -0.1) is 0 Å². The van der Waals surface area contributed by atoms with E-state index in [9.17, 15) is 14.4 Å². The van der Waals surface area contributed by atoms with Crippen LogP contribution < -0.4 is 10.1 Å². The molecule has 3 fully saturated rings. The molecule has 3 amide bonds. The first-order valence-corrected chi connectivity index (χ1v) is 8.87. The Morgan fingerprint density at radius 1 is 1.12 bits per heavy atom. The van der Waals surface area contributed by atoms with E-state index in [-0.39, 0.29) is 42.5 Å². The first-order valence-electron chi connectivity index (χ1n) is 8.87. The summed E-state index contributed by atoms with van der Waals surface area (Å²) in [5, 5.41) is 2.78. The van der Waals surface area contributed by atoms with Gasteiger partial charge in [0.1, 0.15) is 5.75 Å². The molecule has 6 nitrogen and oxygen atoms in total. The molecule has 25 heavy (non-hydrogen) atoms. The van der Waals surface area contributed by atoms with Gasteiger partial charge in [0.15, 0.2) is 0 Å². The van der Waals surface area contributed by atoms with Crippen LogP contribution in [0.2, 0.25) is 0 Å². The number of likely N-dealkylation sites (tertiary alicyclic amines) is 1. The lowest BCUT2D eigenvalue weighted by Gasteiger charge is -2.19. The van der Waals surface area contributed by atoms with E-state index >= 15 is 0 Å². The number of hydrogen-bond acceptors (Lipinski definition) is 4. The van der Waals surface area contributed by atoms with E-state index in [0.717, 1.165) is 19.3 Å². The van der Waals surface area contributed by atoms with Crippen molar-refractivity contribution in [3.63, 3.8) is 0 Å². The molecular weight excluding hydrogens is 320 g/mol. The van der Waals surface area contributed by atoms with Crippen LogP contribution in [-0.2, 0) is 14.4 Å². The number of rotatable bonds is 5. The molecule has 2 aliphatic carbocycles. The molecule has 132 valence electrons. The van der Waals surface area contributed by atoms with Crippen molar-refractivity contribution in [2.45, 2.75) is 25.7 Å². The fourth-order valence-corrected chi connectivity index (χ4v) is 4.80. The number of hydrogen-bond donors (Lipinski definition) is 1. The topological polar surface area (TPSA) is 75.7 Å². The maximum absolute atomic E-state index is 12.6. The van der Waals surface area contributed by atoms with Crippen LogP contribution in [0.5, 0.6) is 5.75 Å². The normalized spacial score (nSPS) is 29.9. The minimum Gasteiger partial charge on any atom is -0.497 e. The molecule has 1 aromatic rings. The van der Waals surface area contributed by atoms with Crippen LogP contribution in [-0.4, -0.2) is 36.3 Å². The minimum absolute atomic E-state index is 0.0561. The zero-order valence-electron chi connectivity index (χ0n) is 14.2. The molecule has 6 heteroatoms. The van der Waals surface area contributed by atoms with Gasteiger partial charge in [-0.05, 0) is 55.4 Å². The Bertz CT molecular complexity index is 687. The fraction of sp³-hybridized carbons (Fsp3) is 0.526. The van der Waals surface area contributed by atoms with Crippen LogP contribution in [0.25, 0.3) is 0 Å². The second-order valence-corrected chi connectivity index (χ2v) is 7.24. The van der Waals surface area contributed by atoms with Crippen molar-refractivity contribution < 1.29 is 19.1 Å². The highest BCUT2D eigenvalue weighted by Crippen LogP contribution is 2.56. The molecule has 4 atom stereocenters. The molecule has 0 unspecified atom stereocenters. The Morgan fingerprint density at radius 2 is 1.72 bits per heavy atom. The van der Waals surface area contributed by atoms with Crippen molar-refractivity contribution in [3.8, 4) is 5.75 Å². The number of methoxy groups -OCH3 is 1. The van der Waals surface area contributed by atoms with Gasteiger partial charge in [0.2, 0.25) is 17.7 Å². The first-order chi connectivity index (χ1) is 12.1. The molecule has 0 spiro atoms. The summed E-state index contributed by atoms with van der Waals surface area (Å²) in [6.07, 6.45) is 3.28. The zero-order valence-corrected chi connectivity index (χ0v) is 14.2. The molecule has 3 aliphatic rings. The minimum atomic E-state index is -0.203. The number of ether oxygens (including phenoxy) is 1. The summed E-state index contributed by atoms with van der Waals surface area (Å²) in [6.45, 7) is 0.173. The predicted molar refractivity (Wildman–Crippen MR) is 90.8 cm³/mol. The van der Waals surface area contributed by atoms with Gasteiger partial charge in [-0.25, -0.2) is 0 Å². The van der Waals surface area contributed by atoms with Gasteiger partial charge in [0.05, 0.1) is 18.9 Å². The Balaban J connectivity index is 1.34. The van der Waals surface area contributed by atoms with Crippen LogP contribution in [0.1, 0.15) is 25.7 Å². The molecule has 1 heterocycles. The second-order valence-electron chi connectivity index (χ2n) is 7.24. The molecule has 1 N–H and O–H groups in total. The highest BCUT2D eigenvalue weighted by molar-refractivity contribution is 6.06. The summed E-state index contributed by atoms with van der Waals surface area (Å²) < 4.78 is 5.08. The maximum Gasteiger partial charge on any atom is 0.233 e. The Kier molecular flexibility index (Phi) is 3.98. The van der Waals surface area contributed by atoms with Gasteiger partial charge in [-0.1, -0.05) is 0 Å². The van der Waals surface area contributed by atoms with Crippen LogP contribution in [0.3, 0.4) is 0 Å². The van der Waals surface area contributed by atoms with Crippen molar-refractivity contribution in [3.05, 3.63) is 24.3 Å². The van der Waals surface area contributed by atoms with Gasteiger partial charge in [0, 0.05) is 18.7 Å².